The summed E-state index contributed by atoms with van der Waals surface area (Å²) >= 11 is 13.9. The van der Waals surface area contributed by atoms with Gasteiger partial charge >= 0.3 is 0 Å². The number of halogens is 3. The number of carbonyl (C=O) groups excluding carboxylic acids is 1. The lowest BCUT2D eigenvalue weighted by molar-refractivity contribution is 0.102. The summed E-state index contributed by atoms with van der Waals surface area (Å²) in [7, 11) is 0. The van der Waals surface area contributed by atoms with Crippen molar-refractivity contribution in [2.24, 2.45) is 0 Å². The first-order valence-electron chi connectivity index (χ1n) is 5.51. The molecule has 4 nitrogen and oxygen atoms in total. The van der Waals surface area contributed by atoms with Crippen molar-refractivity contribution in [1.29, 1.82) is 0 Å². The van der Waals surface area contributed by atoms with Crippen molar-refractivity contribution in [2.75, 3.05) is 5.32 Å². The van der Waals surface area contributed by atoms with Crippen molar-refractivity contribution in [3.05, 3.63) is 43.1 Å². The van der Waals surface area contributed by atoms with E-state index >= 15 is 0 Å². The van der Waals surface area contributed by atoms with Crippen LogP contribution in [-0.4, -0.2) is 16.1 Å². The predicted octanol–water partition coefficient (Wildman–Crippen LogP) is 4.14. The second-order valence-corrected chi connectivity index (χ2v) is 5.75. The minimum atomic E-state index is -0.271. The van der Waals surface area contributed by atoms with E-state index in [4.69, 9.17) is 23.2 Å². The molecule has 0 saturated heterocycles. The Labute approximate surface area is 134 Å². The van der Waals surface area contributed by atoms with Crippen LogP contribution in [0.5, 0.6) is 0 Å². The fourth-order valence-corrected chi connectivity index (χ4v) is 2.64. The van der Waals surface area contributed by atoms with E-state index in [0.717, 1.165) is 12.0 Å². The normalized spacial score (nSPS) is 10.5. The number of hydrogen-bond donors (Lipinski definition) is 2. The highest BCUT2D eigenvalue weighted by Crippen LogP contribution is 2.27. The number of aromatic nitrogens is 2. The van der Waals surface area contributed by atoms with Crippen LogP contribution in [0.1, 0.15) is 22.8 Å². The summed E-state index contributed by atoms with van der Waals surface area (Å²) in [5.41, 5.74) is 1.38. The molecule has 0 bridgehead atoms. The van der Waals surface area contributed by atoms with Crippen molar-refractivity contribution in [3.63, 3.8) is 0 Å². The first kappa shape index (κ1) is 14.6. The lowest BCUT2D eigenvalue weighted by Gasteiger charge is -2.08. The SMILES string of the molecule is CCc1cn[nH]c1NC(=O)c1cc(Cl)cc(Cl)c1I. The number of amides is 1. The fraction of sp³-hybridized carbons (Fsp3) is 0.167. The van der Waals surface area contributed by atoms with Crippen molar-refractivity contribution >= 4 is 57.5 Å². The number of nitrogens with one attached hydrogen (secondary N) is 2. The highest BCUT2D eigenvalue weighted by molar-refractivity contribution is 14.1. The molecule has 2 N–H and O–H groups in total. The van der Waals surface area contributed by atoms with Gasteiger partial charge in [-0.25, -0.2) is 0 Å². The molecular formula is C12H10Cl2IN3O. The molecule has 0 radical (unpaired) electrons. The Morgan fingerprint density at radius 1 is 1.47 bits per heavy atom. The minimum absolute atomic E-state index is 0.271. The van der Waals surface area contributed by atoms with Gasteiger partial charge in [-0.15, -0.1) is 0 Å². The van der Waals surface area contributed by atoms with Gasteiger partial charge in [-0.1, -0.05) is 30.1 Å². The van der Waals surface area contributed by atoms with Crippen LogP contribution in [0.3, 0.4) is 0 Å². The summed E-state index contributed by atoms with van der Waals surface area (Å²) in [6.07, 6.45) is 2.46. The summed E-state index contributed by atoms with van der Waals surface area (Å²) in [6, 6.07) is 3.20. The molecule has 0 aliphatic carbocycles. The van der Waals surface area contributed by atoms with E-state index < -0.39 is 0 Å². The topological polar surface area (TPSA) is 57.8 Å². The maximum Gasteiger partial charge on any atom is 0.257 e. The van der Waals surface area contributed by atoms with Crippen LogP contribution in [-0.2, 0) is 6.42 Å². The number of nitrogens with zero attached hydrogens (tertiary/aromatic N) is 1. The number of anilines is 1. The maximum absolute atomic E-state index is 12.2. The molecule has 100 valence electrons. The molecule has 1 amide bonds. The molecule has 0 unspecified atom stereocenters. The summed E-state index contributed by atoms with van der Waals surface area (Å²) in [5.74, 6) is 0.326. The number of carbonyl (C=O) groups is 1. The van der Waals surface area contributed by atoms with Gasteiger partial charge in [-0.3, -0.25) is 9.89 Å². The van der Waals surface area contributed by atoms with Crippen molar-refractivity contribution in [3.8, 4) is 0 Å². The van der Waals surface area contributed by atoms with Crippen LogP contribution < -0.4 is 5.32 Å². The van der Waals surface area contributed by atoms with E-state index in [9.17, 15) is 4.79 Å². The van der Waals surface area contributed by atoms with Gasteiger partial charge in [0.2, 0.25) is 0 Å². The largest absolute Gasteiger partial charge is 0.307 e. The Hall–Kier alpha value is -0.790. The molecular weight excluding hydrogens is 400 g/mol. The van der Waals surface area contributed by atoms with E-state index in [1.54, 1.807) is 18.3 Å². The van der Waals surface area contributed by atoms with E-state index in [1.165, 1.54) is 0 Å². The van der Waals surface area contributed by atoms with Gasteiger partial charge in [0.15, 0.2) is 0 Å². The van der Waals surface area contributed by atoms with Crippen molar-refractivity contribution < 1.29 is 4.79 Å². The quantitative estimate of drug-likeness (QED) is 0.591. The predicted molar refractivity (Wildman–Crippen MR) is 85.1 cm³/mol. The number of H-pyrrole nitrogens is 1. The van der Waals surface area contributed by atoms with Gasteiger partial charge in [0.1, 0.15) is 5.82 Å². The molecule has 0 atom stereocenters. The Balaban J connectivity index is 2.30. The average Bonchev–Trinajstić information content (AvgIpc) is 2.80. The van der Waals surface area contributed by atoms with Crippen LogP contribution in [0.15, 0.2) is 18.3 Å². The summed E-state index contributed by atoms with van der Waals surface area (Å²) in [5, 5.41) is 10.3. The van der Waals surface area contributed by atoms with E-state index in [-0.39, 0.29) is 5.91 Å². The van der Waals surface area contributed by atoms with Gasteiger partial charge in [-0.2, -0.15) is 5.10 Å². The molecule has 0 fully saturated rings. The van der Waals surface area contributed by atoms with E-state index in [1.807, 2.05) is 29.5 Å². The minimum Gasteiger partial charge on any atom is -0.307 e. The van der Waals surface area contributed by atoms with E-state index in [0.29, 0.717) is 25.0 Å². The lowest BCUT2D eigenvalue weighted by Crippen LogP contribution is -2.15. The van der Waals surface area contributed by atoms with Gasteiger partial charge in [-0.05, 0) is 41.1 Å². The van der Waals surface area contributed by atoms with Gasteiger partial charge in [0, 0.05) is 14.2 Å². The van der Waals surface area contributed by atoms with Crippen LogP contribution in [0, 0.1) is 3.57 Å². The smallest absolute Gasteiger partial charge is 0.257 e. The summed E-state index contributed by atoms with van der Waals surface area (Å²) < 4.78 is 0.665. The molecule has 0 saturated carbocycles. The number of hydrogen-bond acceptors (Lipinski definition) is 2. The van der Waals surface area contributed by atoms with Crippen molar-refractivity contribution in [2.45, 2.75) is 13.3 Å². The summed E-state index contributed by atoms with van der Waals surface area (Å²) in [4.78, 5) is 12.2. The van der Waals surface area contributed by atoms with Crippen LogP contribution in [0.4, 0.5) is 5.82 Å². The van der Waals surface area contributed by atoms with Crippen LogP contribution in [0.2, 0.25) is 10.0 Å². The second-order valence-electron chi connectivity index (χ2n) is 3.83. The zero-order valence-corrected chi connectivity index (χ0v) is 13.6. The Morgan fingerprint density at radius 2 is 2.21 bits per heavy atom. The number of rotatable bonds is 3. The molecule has 2 rings (SSSR count). The van der Waals surface area contributed by atoms with Crippen LogP contribution in [0.25, 0.3) is 0 Å². The molecule has 0 aliphatic rings. The molecule has 1 aromatic heterocycles. The third-order valence-electron chi connectivity index (χ3n) is 2.57. The Kier molecular flexibility index (Phi) is 4.70. The zero-order chi connectivity index (χ0) is 14.0. The number of benzene rings is 1. The zero-order valence-electron chi connectivity index (χ0n) is 9.93. The third kappa shape index (κ3) is 3.21. The number of aryl methyl sites for hydroxylation is 1. The molecule has 2 aromatic rings. The summed E-state index contributed by atoms with van der Waals surface area (Å²) in [6.45, 7) is 1.99. The standard InChI is InChI=1S/C12H10Cl2IN3O/c1-2-6-5-16-18-11(6)17-12(19)8-3-7(13)4-9(14)10(8)15/h3-5H,2H2,1H3,(H2,16,17,18,19). The maximum atomic E-state index is 12.2. The molecule has 0 spiro atoms. The highest BCUT2D eigenvalue weighted by atomic mass is 127. The molecule has 1 aromatic carbocycles. The Morgan fingerprint density at radius 3 is 2.89 bits per heavy atom. The monoisotopic (exact) mass is 409 g/mol. The third-order valence-corrected chi connectivity index (χ3v) is 4.57. The first-order chi connectivity index (χ1) is 9.02. The molecule has 0 aliphatic heterocycles. The van der Waals surface area contributed by atoms with E-state index in [2.05, 4.69) is 15.5 Å². The molecule has 19 heavy (non-hydrogen) atoms. The lowest BCUT2D eigenvalue weighted by atomic mass is 10.2. The Bertz CT molecular complexity index is 627. The van der Waals surface area contributed by atoms with Gasteiger partial charge < -0.3 is 5.32 Å². The van der Waals surface area contributed by atoms with Crippen LogP contribution >= 0.6 is 45.8 Å². The number of aromatic amines is 1. The van der Waals surface area contributed by atoms with Crippen molar-refractivity contribution in [1.82, 2.24) is 10.2 Å². The van der Waals surface area contributed by atoms with Gasteiger partial charge in [0.25, 0.3) is 5.91 Å². The molecule has 1 heterocycles. The molecule has 7 heteroatoms. The fourth-order valence-electron chi connectivity index (χ4n) is 1.59. The average molecular weight is 410 g/mol. The van der Waals surface area contributed by atoms with Gasteiger partial charge in [0.05, 0.1) is 16.8 Å². The highest BCUT2D eigenvalue weighted by Gasteiger charge is 2.16. The first-order valence-corrected chi connectivity index (χ1v) is 7.34. The second kappa shape index (κ2) is 6.11.